The second-order valence-electron chi connectivity index (χ2n) is 8.44. The van der Waals surface area contributed by atoms with Gasteiger partial charge >= 0.3 is 0 Å². The summed E-state index contributed by atoms with van der Waals surface area (Å²) in [5.41, 5.74) is -0.363. The minimum atomic E-state index is -0.363. The lowest BCUT2D eigenvalue weighted by atomic mass is 9.90. The second-order valence-corrected chi connectivity index (χ2v) is 8.44. The highest BCUT2D eigenvalue weighted by Gasteiger charge is 2.33. The van der Waals surface area contributed by atoms with Crippen LogP contribution in [0.25, 0.3) is 0 Å². The molecule has 5 nitrogen and oxygen atoms in total. The number of hydrogen-bond donors (Lipinski definition) is 1. The summed E-state index contributed by atoms with van der Waals surface area (Å²) >= 11 is 0. The molecule has 0 aromatic carbocycles. The molecule has 2 aliphatic rings. The molecule has 1 aliphatic heterocycles. The van der Waals surface area contributed by atoms with Crippen LogP contribution in [0.2, 0.25) is 0 Å². The zero-order valence-corrected chi connectivity index (χ0v) is 15.4. The molecule has 2 atom stereocenters. The zero-order chi connectivity index (χ0) is 17.2. The van der Waals surface area contributed by atoms with E-state index in [1.54, 1.807) is 0 Å². The molecule has 1 heterocycles. The van der Waals surface area contributed by atoms with Crippen LogP contribution in [0.5, 0.6) is 0 Å². The van der Waals surface area contributed by atoms with Crippen molar-refractivity contribution in [3.8, 4) is 0 Å². The second kappa shape index (κ2) is 7.20. The van der Waals surface area contributed by atoms with Gasteiger partial charge in [-0.25, -0.2) is 0 Å². The monoisotopic (exact) mass is 323 g/mol. The Hall–Kier alpha value is -1.10. The van der Waals surface area contributed by atoms with Gasteiger partial charge in [0, 0.05) is 30.6 Å². The lowest BCUT2D eigenvalue weighted by Gasteiger charge is -2.40. The average molecular weight is 323 g/mol. The fourth-order valence-corrected chi connectivity index (χ4v) is 3.24. The fraction of sp³-hybridized carbons (Fsp3) is 0.889. The van der Waals surface area contributed by atoms with E-state index in [1.807, 2.05) is 25.7 Å². The molecule has 1 saturated carbocycles. The first-order chi connectivity index (χ1) is 10.7. The van der Waals surface area contributed by atoms with Gasteiger partial charge in [-0.3, -0.25) is 14.5 Å². The number of likely N-dealkylation sites (N-methyl/N-ethyl adjacent to an activating group) is 1. The van der Waals surface area contributed by atoms with Gasteiger partial charge in [-0.05, 0) is 32.2 Å². The van der Waals surface area contributed by atoms with Gasteiger partial charge in [0.1, 0.15) is 0 Å². The summed E-state index contributed by atoms with van der Waals surface area (Å²) in [4.78, 5) is 28.8. The lowest BCUT2D eigenvalue weighted by molar-refractivity contribution is -0.135. The average Bonchev–Trinajstić information content (AvgIpc) is 2.37. The number of rotatable bonds is 4. The Labute approximate surface area is 140 Å². The molecule has 2 unspecified atom stereocenters. The van der Waals surface area contributed by atoms with Crippen molar-refractivity contribution in [1.29, 1.82) is 0 Å². The largest absolute Gasteiger partial charge is 0.353 e. The van der Waals surface area contributed by atoms with E-state index in [0.29, 0.717) is 18.5 Å². The van der Waals surface area contributed by atoms with Gasteiger partial charge in [0.25, 0.3) is 0 Å². The first kappa shape index (κ1) is 18.2. The molecule has 2 rings (SSSR count). The van der Waals surface area contributed by atoms with Crippen LogP contribution in [0.1, 0.15) is 53.4 Å². The van der Waals surface area contributed by atoms with Gasteiger partial charge in [-0.15, -0.1) is 0 Å². The third-order valence-corrected chi connectivity index (χ3v) is 5.34. The number of piperidine rings is 1. The molecular weight excluding hydrogens is 290 g/mol. The summed E-state index contributed by atoms with van der Waals surface area (Å²) in [6.07, 6.45) is 4.59. The van der Waals surface area contributed by atoms with Gasteiger partial charge in [0.05, 0.1) is 6.54 Å². The highest BCUT2D eigenvalue weighted by molar-refractivity contribution is 5.82. The molecule has 2 amide bonds. The molecule has 0 bridgehead atoms. The van der Waals surface area contributed by atoms with Crippen LogP contribution in [0.3, 0.4) is 0 Å². The first-order valence-corrected chi connectivity index (χ1v) is 8.97. The Balaban J connectivity index is 1.80. The number of carbonyl (C=O) groups excluding carboxylic acids is 2. The molecule has 5 heteroatoms. The van der Waals surface area contributed by atoms with E-state index in [0.717, 1.165) is 19.5 Å². The van der Waals surface area contributed by atoms with Gasteiger partial charge < -0.3 is 10.2 Å². The molecule has 2 fully saturated rings. The normalized spacial score (nSPS) is 26.1. The van der Waals surface area contributed by atoms with Crippen molar-refractivity contribution < 1.29 is 9.59 Å². The fourth-order valence-electron chi connectivity index (χ4n) is 3.24. The topological polar surface area (TPSA) is 52.7 Å². The van der Waals surface area contributed by atoms with Crippen LogP contribution < -0.4 is 5.32 Å². The van der Waals surface area contributed by atoms with E-state index >= 15 is 0 Å². The number of hydrogen-bond acceptors (Lipinski definition) is 3. The van der Waals surface area contributed by atoms with Crippen LogP contribution in [-0.4, -0.2) is 60.4 Å². The molecule has 1 saturated heterocycles. The number of nitrogens with zero attached hydrogens (tertiary/aromatic N) is 2. The highest BCUT2D eigenvalue weighted by atomic mass is 16.2. The molecule has 132 valence electrons. The van der Waals surface area contributed by atoms with Gasteiger partial charge in [0.15, 0.2) is 0 Å². The third-order valence-electron chi connectivity index (χ3n) is 5.34. The maximum atomic E-state index is 12.5. The van der Waals surface area contributed by atoms with E-state index in [-0.39, 0.29) is 23.3 Å². The van der Waals surface area contributed by atoms with Crippen LogP contribution in [0.4, 0.5) is 0 Å². The van der Waals surface area contributed by atoms with Crippen LogP contribution in [-0.2, 0) is 9.59 Å². The molecule has 0 spiro atoms. The molecule has 1 N–H and O–H groups in total. The predicted octanol–water partition coefficient (Wildman–Crippen LogP) is 1.87. The van der Waals surface area contributed by atoms with Crippen molar-refractivity contribution in [1.82, 2.24) is 15.1 Å². The van der Waals surface area contributed by atoms with Gasteiger partial charge in [-0.1, -0.05) is 34.1 Å². The first-order valence-electron chi connectivity index (χ1n) is 8.97. The van der Waals surface area contributed by atoms with E-state index < -0.39 is 0 Å². The van der Waals surface area contributed by atoms with Crippen molar-refractivity contribution in [2.24, 2.45) is 11.3 Å². The van der Waals surface area contributed by atoms with Gasteiger partial charge in [-0.2, -0.15) is 0 Å². The van der Waals surface area contributed by atoms with Crippen LogP contribution >= 0.6 is 0 Å². The summed E-state index contributed by atoms with van der Waals surface area (Å²) in [5, 5.41) is 3.16. The standard InChI is InChI=1S/C18H33N3O2/c1-13-11-21(16(22)12-20(5)14-7-6-8-14)10-9-15(13)19-17(23)18(2,3)4/h13-15H,6-12H2,1-5H3,(H,19,23). The smallest absolute Gasteiger partial charge is 0.236 e. The molecule has 0 aromatic heterocycles. The Morgan fingerprint density at radius 3 is 2.35 bits per heavy atom. The maximum Gasteiger partial charge on any atom is 0.236 e. The maximum absolute atomic E-state index is 12.5. The van der Waals surface area contributed by atoms with E-state index in [9.17, 15) is 9.59 Å². The summed E-state index contributed by atoms with van der Waals surface area (Å²) in [6, 6.07) is 0.773. The Kier molecular flexibility index (Phi) is 5.71. The summed E-state index contributed by atoms with van der Waals surface area (Å²) in [7, 11) is 2.06. The van der Waals surface area contributed by atoms with Crippen LogP contribution in [0.15, 0.2) is 0 Å². The highest BCUT2D eigenvalue weighted by Crippen LogP contribution is 2.24. The number of likely N-dealkylation sites (tertiary alicyclic amines) is 1. The molecular formula is C18H33N3O2. The summed E-state index contributed by atoms with van der Waals surface area (Å²) < 4.78 is 0. The quantitative estimate of drug-likeness (QED) is 0.859. The third kappa shape index (κ3) is 4.69. The molecule has 1 aliphatic carbocycles. The lowest BCUT2D eigenvalue weighted by Crippen LogP contribution is -2.55. The van der Waals surface area contributed by atoms with Gasteiger partial charge in [0.2, 0.25) is 11.8 Å². The van der Waals surface area contributed by atoms with Crippen LogP contribution in [0, 0.1) is 11.3 Å². The Morgan fingerprint density at radius 2 is 1.87 bits per heavy atom. The van der Waals surface area contributed by atoms with E-state index in [2.05, 4.69) is 24.2 Å². The zero-order valence-electron chi connectivity index (χ0n) is 15.4. The summed E-state index contributed by atoms with van der Waals surface area (Å²) in [6.45, 7) is 9.94. The molecule has 0 radical (unpaired) electrons. The molecule has 23 heavy (non-hydrogen) atoms. The van der Waals surface area contributed by atoms with Crippen molar-refractivity contribution >= 4 is 11.8 Å². The van der Waals surface area contributed by atoms with E-state index in [4.69, 9.17) is 0 Å². The summed E-state index contributed by atoms with van der Waals surface area (Å²) in [5.74, 6) is 0.624. The Morgan fingerprint density at radius 1 is 1.22 bits per heavy atom. The van der Waals surface area contributed by atoms with Crippen molar-refractivity contribution in [2.45, 2.75) is 65.5 Å². The Bertz CT molecular complexity index is 440. The van der Waals surface area contributed by atoms with Crippen molar-refractivity contribution in [2.75, 3.05) is 26.7 Å². The number of carbonyl (C=O) groups is 2. The van der Waals surface area contributed by atoms with E-state index in [1.165, 1.54) is 19.3 Å². The minimum absolute atomic E-state index is 0.0962. The SMILES string of the molecule is CC1CN(C(=O)CN(C)C2CCC2)CCC1NC(=O)C(C)(C)C. The van der Waals surface area contributed by atoms with Crippen molar-refractivity contribution in [3.63, 3.8) is 0 Å². The minimum Gasteiger partial charge on any atom is -0.353 e. The van der Waals surface area contributed by atoms with Crippen molar-refractivity contribution in [3.05, 3.63) is 0 Å². The number of amides is 2. The molecule has 0 aromatic rings. The number of nitrogens with one attached hydrogen (secondary N) is 1. The predicted molar refractivity (Wildman–Crippen MR) is 92.0 cm³/mol.